The van der Waals surface area contributed by atoms with Gasteiger partial charge in [-0.15, -0.1) is 17.9 Å². The second-order valence-corrected chi connectivity index (χ2v) is 12.2. The van der Waals surface area contributed by atoms with Crippen LogP contribution >= 0.6 is 34.5 Å². The molecule has 1 aliphatic rings. The Hall–Kier alpha value is -3.38. The lowest BCUT2D eigenvalue weighted by Crippen LogP contribution is -2.32. The van der Waals surface area contributed by atoms with E-state index >= 15 is 0 Å². The third-order valence-corrected chi connectivity index (χ3v) is 9.69. The Bertz CT molecular complexity index is 1590. The lowest BCUT2D eigenvalue weighted by molar-refractivity contribution is -0.119. The first-order chi connectivity index (χ1) is 18.5. The number of thiophene rings is 1. The largest absolute Gasteiger partial charge is 0.452 e. The van der Waals surface area contributed by atoms with E-state index in [2.05, 4.69) is 11.9 Å². The van der Waals surface area contributed by atoms with Crippen LogP contribution in [0.3, 0.4) is 0 Å². The highest BCUT2D eigenvalue weighted by molar-refractivity contribution is 7.93. The fourth-order valence-corrected chi connectivity index (χ4v) is 7.73. The lowest BCUT2D eigenvalue weighted by Gasteiger charge is -2.24. The summed E-state index contributed by atoms with van der Waals surface area (Å²) in [6.45, 7) is 2.82. The minimum atomic E-state index is -4.29. The number of carbonyl (C=O) groups is 3. The van der Waals surface area contributed by atoms with Gasteiger partial charge in [-0.1, -0.05) is 41.4 Å². The van der Waals surface area contributed by atoms with Crippen LogP contribution in [0.1, 0.15) is 37.6 Å². The molecule has 0 unspecified atom stereocenters. The number of carbonyl (C=O) groups excluding carboxylic acids is 3. The fraction of sp³-hybridized carbons (Fsp3) is 0.192. The first-order valence-corrected chi connectivity index (χ1v) is 14.6. The molecule has 13 heteroatoms. The Labute approximate surface area is 239 Å². The number of nitrogens with two attached hydrogens (primary N) is 1. The van der Waals surface area contributed by atoms with Gasteiger partial charge >= 0.3 is 5.97 Å². The SMILES string of the molecule is C=CCN(c1ccccc1Cl)S(=O)(=O)c1cc(C(=O)OCC(=O)Nc2sc3c(c2C(N)=O)CCC3)ccc1Cl. The average molecular weight is 609 g/mol. The van der Waals surface area contributed by atoms with Gasteiger partial charge in [0.2, 0.25) is 0 Å². The van der Waals surface area contributed by atoms with Crippen molar-refractivity contribution in [3.05, 3.63) is 86.7 Å². The van der Waals surface area contributed by atoms with E-state index in [0.29, 0.717) is 11.4 Å². The van der Waals surface area contributed by atoms with E-state index in [-0.39, 0.29) is 38.3 Å². The van der Waals surface area contributed by atoms with Gasteiger partial charge in [-0.2, -0.15) is 0 Å². The predicted octanol–water partition coefficient (Wildman–Crippen LogP) is 4.82. The summed E-state index contributed by atoms with van der Waals surface area (Å²) in [5.74, 6) is -2.27. The van der Waals surface area contributed by atoms with Crippen molar-refractivity contribution in [2.75, 3.05) is 22.8 Å². The van der Waals surface area contributed by atoms with Crippen LogP contribution in [0.5, 0.6) is 0 Å². The molecule has 9 nitrogen and oxygen atoms in total. The van der Waals surface area contributed by atoms with E-state index in [0.717, 1.165) is 33.7 Å². The number of primary amides is 1. The predicted molar refractivity (Wildman–Crippen MR) is 151 cm³/mol. The minimum absolute atomic E-state index is 0.114. The number of ether oxygens (including phenoxy) is 1. The maximum atomic E-state index is 13.6. The van der Waals surface area contributed by atoms with Gasteiger partial charge < -0.3 is 15.8 Å². The highest BCUT2D eigenvalue weighted by Crippen LogP contribution is 2.39. The Morgan fingerprint density at radius 3 is 2.56 bits per heavy atom. The van der Waals surface area contributed by atoms with E-state index in [4.69, 9.17) is 33.7 Å². The molecule has 2 amide bonds. The maximum absolute atomic E-state index is 13.6. The first-order valence-electron chi connectivity index (χ1n) is 11.6. The molecule has 204 valence electrons. The standard InChI is InChI=1S/C26H23Cl2N3O6S2/c1-2-12-31(19-8-4-3-7-17(19)27)39(35,36)21-13-15(10-11-18(21)28)26(34)37-14-22(32)30-25-23(24(29)33)16-6-5-9-20(16)38-25/h2-4,7-8,10-11,13H,1,5-6,9,12,14H2,(H2,29,33)(H,30,32). The molecule has 0 bridgehead atoms. The third kappa shape index (κ3) is 5.96. The average Bonchev–Trinajstić information content (AvgIpc) is 3.47. The van der Waals surface area contributed by atoms with Gasteiger partial charge in [0.15, 0.2) is 6.61 Å². The van der Waals surface area contributed by atoms with Gasteiger partial charge in [0.1, 0.15) is 9.90 Å². The van der Waals surface area contributed by atoms with Crippen LogP contribution < -0.4 is 15.4 Å². The van der Waals surface area contributed by atoms with E-state index in [9.17, 15) is 22.8 Å². The summed E-state index contributed by atoms with van der Waals surface area (Å²) in [6, 6.07) is 9.95. The molecule has 0 fully saturated rings. The zero-order valence-corrected chi connectivity index (χ0v) is 23.6. The van der Waals surface area contributed by atoms with E-state index in [1.165, 1.54) is 35.6 Å². The number of nitrogens with zero attached hydrogens (tertiary/aromatic N) is 1. The topological polar surface area (TPSA) is 136 Å². The Kier molecular flexibility index (Phi) is 8.65. The number of fused-ring (bicyclic) bond motifs is 1. The summed E-state index contributed by atoms with van der Waals surface area (Å²) in [5, 5.41) is 2.96. The van der Waals surface area contributed by atoms with Crippen LogP contribution in [-0.4, -0.2) is 39.4 Å². The van der Waals surface area contributed by atoms with Gasteiger partial charge in [0.25, 0.3) is 21.8 Å². The number of rotatable bonds is 10. The number of para-hydroxylation sites is 1. The highest BCUT2D eigenvalue weighted by Gasteiger charge is 2.30. The molecular weight excluding hydrogens is 585 g/mol. The van der Waals surface area contributed by atoms with Crippen LogP contribution in [0.2, 0.25) is 10.0 Å². The number of nitrogens with one attached hydrogen (secondary N) is 1. The van der Waals surface area contributed by atoms with Gasteiger partial charge in [0, 0.05) is 4.88 Å². The Balaban J connectivity index is 1.51. The zero-order valence-electron chi connectivity index (χ0n) is 20.4. The summed E-state index contributed by atoms with van der Waals surface area (Å²) >= 11 is 13.7. The van der Waals surface area contributed by atoms with Gasteiger partial charge in [-0.05, 0) is 55.2 Å². The summed E-state index contributed by atoms with van der Waals surface area (Å²) in [6.07, 6.45) is 3.80. The third-order valence-electron chi connectivity index (χ3n) is 5.91. The number of aryl methyl sites for hydroxylation is 1. The molecule has 39 heavy (non-hydrogen) atoms. The van der Waals surface area contributed by atoms with Crippen molar-refractivity contribution >= 4 is 73.0 Å². The maximum Gasteiger partial charge on any atom is 0.338 e. The molecule has 4 rings (SSSR count). The zero-order chi connectivity index (χ0) is 28.3. The molecule has 0 saturated carbocycles. The molecule has 1 heterocycles. The van der Waals surface area contributed by atoms with Crippen LogP contribution in [0.4, 0.5) is 10.7 Å². The Morgan fingerprint density at radius 1 is 1.13 bits per heavy atom. The number of hydrogen-bond donors (Lipinski definition) is 2. The van der Waals surface area contributed by atoms with Crippen molar-refractivity contribution in [3.8, 4) is 0 Å². The molecule has 1 aliphatic carbocycles. The smallest absolute Gasteiger partial charge is 0.338 e. The highest BCUT2D eigenvalue weighted by atomic mass is 35.5. The minimum Gasteiger partial charge on any atom is -0.452 e. The monoisotopic (exact) mass is 607 g/mol. The van der Waals surface area contributed by atoms with Crippen LogP contribution in [0.15, 0.2) is 60.0 Å². The number of hydrogen-bond acceptors (Lipinski definition) is 7. The second-order valence-electron chi connectivity index (χ2n) is 8.47. The fourth-order valence-electron chi connectivity index (χ4n) is 4.17. The first kappa shape index (κ1) is 28.6. The van der Waals surface area contributed by atoms with E-state index < -0.39 is 34.4 Å². The normalized spacial score (nSPS) is 12.5. The number of benzene rings is 2. The molecule has 2 aromatic carbocycles. The molecule has 0 aliphatic heterocycles. The van der Waals surface area contributed by atoms with Crippen LogP contribution in [0, 0.1) is 0 Å². The number of amides is 2. The van der Waals surface area contributed by atoms with Crippen molar-refractivity contribution in [1.82, 2.24) is 0 Å². The molecule has 3 N–H and O–H groups in total. The molecule has 0 spiro atoms. The molecule has 1 aromatic heterocycles. The quantitative estimate of drug-likeness (QED) is 0.250. The summed E-state index contributed by atoms with van der Waals surface area (Å²) in [5.41, 5.74) is 6.69. The van der Waals surface area contributed by atoms with Gasteiger partial charge in [0.05, 0.1) is 33.4 Å². The van der Waals surface area contributed by atoms with Crippen LogP contribution in [-0.2, 0) is 32.4 Å². The van der Waals surface area contributed by atoms with Gasteiger partial charge in [-0.3, -0.25) is 13.9 Å². The molecule has 0 radical (unpaired) electrons. The molecule has 0 saturated heterocycles. The number of anilines is 2. The summed E-state index contributed by atoms with van der Waals surface area (Å²) in [4.78, 5) is 37.8. The van der Waals surface area contributed by atoms with Crippen molar-refractivity contribution < 1.29 is 27.5 Å². The van der Waals surface area contributed by atoms with Crippen LogP contribution in [0.25, 0.3) is 0 Å². The van der Waals surface area contributed by atoms with Gasteiger partial charge in [-0.25, -0.2) is 13.2 Å². The molecular formula is C26H23Cl2N3O6S2. The summed E-state index contributed by atoms with van der Waals surface area (Å²) < 4.78 is 33.3. The summed E-state index contributed by atoms with van der Waals surface area (Å²) in [7, 11) is -4.29. The lowest BCUT2D eigenvalue weighted by atomic mass is 10.1. The van der Waals surface area contributed by atoms with E-state index in [1.54, 1.807) is 18.2 Å². The molecule has 0 atom stereocenters. The van der Waals surface area contributed by atoms with E-state index in [1.807, 2.05) is 0 Å². The number of sulfonamides is 1. The second kappa shape index (κ2) is 11.8. The van der Waals surface area contributed by atoms with Crippen molar-refractivity contribution in [2.24, 2.45) is 5.73 Å². The molecule has 3 aromatic rings. The van der Waals surface area contributed by atoms with Crippen molar-refractivity contribution in [3.63, 3.8) is 0 Å². The van der Waals surface area contributed by atoms with Crippen molar-refractivity contribution in [1.29, 1.82) is 0 Å². The number of halogens is 2. The van der Waals surface area contributed by atoms with Crippen molar-refractivity contribution in [2.45, 2.75) is 24.2 Å². The Morgan fingerprint density at radius 2 is 1.87 bits per heavy atom. The number of esters is 1.